The molecule has 0 saturated heterocycles. The SMILES string of the molecule is C=C(Cl)CNCc1ncnn1C(C)C. The van der Waals surface area contributed by atoms with Crippen molar-refractivity contribution in [1.29, 1.82) is 0 Å². The fourth-order valence-corrected chi connectivity index (χ4v) is 1.24. The van der Waals surface area contributed by atoms with Gasteiger partial charge in [0, 0.05) is 17.6 Å². The molecule has 0 aromatic carbocycles. The fourth-order valence-electron chi connectivity index (χ4n) is 1.14. The number of rotatable bonds is 5. The number of nitrogens with zero attached hydrogens (tertiary/aromatic N) is 3. The van der Waals surface area contributed by atoms with Gasteiger partial charge < -0.3 is 5.32 Å². The van der Waals surface area contributed by atoms with Crippen LogP contribution in [0.3, 0.4) is 0 Å². The van der Waals surface area contributed by atoms with E-state index in [4.69, 9.17) is 11.6 Å². The summed E-state index contributed by atoms with van der Waals surface area (Å²) in [6.07, 6.45) is 1.56. The minimum Gasteiger partial charge on any atom is -0.305 e. The van der Waals surface area contributed by atoms with E-state index >= 15 is 0 Å². The molecule has 0 aliphatic heterocycles. The minimum atomic E-state index is 0.327. The highest BCUT2D eigenvalue weighted by Gasteiger charge is 2.06. The summed E-state index contributed by atoms with van der Waals surface area (Å²) in [6.45, 7) is 8.97. The van der Waals surface area contributed by atoms with Gasteiger partial charge in [0.1, 0.15) is 12.2 Å². The zero-order valence-corrected chi connectivity index (χ0v) is 9.25. The first-order valence-electron chi connectivity index (χ1n) is 4.53. The minimum absolute atomic E-state index is 0.327. The fraction of sp³-hybridized carbons (Fsp3) is 0.556. The van der Waals surface area contributed by atoms with Crippen LogP contribution in [-0.2, 0) is 6.54 Å². The van der Waals surface area contributed by atoms with Crippen LogP contribution in [0.4, 0.5) is 0 Å². The molecule has 1 rings (SSSR count). The van der Waals surface area contributed by atoms with E-state index in [1.165, 1.54) is 0 Å². The number of aromatic nitrogens is 3. The molecule has 1 N–H and O–H groups in total. The Morgan fingerprint density at radius 3 is 3.00 bits per heavy atom. The lowest BCUT2D eigenvalue weighted by molar-refractivity contribution is 0.494. The Balaban J connectivity index is 2.50. The smallest absolute Gasteiger partial charge is 0.141 e. The van der Waals surface area contributed by atoms with E-state index in [1.807, 2.05) is 4.68 Å². The quantitative estimate of drug-likeness (QED) is 0.812. The van der Waals surface area contributed by atoms with Gasteiger partial charge in [-0.3, -0.25) is 0 Å². The highest BCUT2D eigenvalue weighted by Crippen LogP contribution is 2.04. The second kappa shape index (κ2) is 5.12. The molecule has 78 valence electrons. The molecule has 1 aromatic heterocycles. The topological polar surface area (TPSA) is 42.7 Å². The molecule has 1 aromatic rings. The van der Waals surface area contributed by atoms with Crippen molar-refractivity contribution in [2.45, 2.75) is 26.4 Å². The van der Waals surface area contributed by atoms with E-state index in [0.29, 0.717) is 24.2 Å². The molecular weight excluding hydrogens is 200 g/mol. The van der Waals surface area contributed by atoms with Crippen LogP contribution in [0, 0.1) is 0 Å². The van der Waals surface area contributed by atoms with Crippen molar-refractivity contribution in [3.63, 3.8) is 0 Å². The molecule has 0 saturated carbocycles. The molecule has 4 nitrogen and oxygen atoms in total. The van der Waals surface area contributed by atoms with Crippen molar-refractivity contribution < 1.29 is 0 Å². The third-order valence-corrected chi connectivity index (χ3v) is 1.87. The maximum Gasteiger partial charge on any atom is 0.141 e. The standard InChI is InChI=1S/C9H15ClN4/c1-7(2)14-9(12-6-13-14)5-11-4-8(3)10/h6-7,11H,3-5H2,1-2H3. The summed E-state index contributed by atoms with van der Waals surface area (Å²) in [5.41, 5.74) is 0. The summed E-state index contributed by atoms with van der Waals surface area (Å²) in [7, 11) is 0. The number of halogens is 1. The van der Waals surface area contributed by atoms with E-state index < -0.39 is 0 Å². The Bertz CT molecular complexity index is 306. The Labute approximate surface area is 89.0 Å². The third kappa shape index (κ3) is 3.12. The molecule has 0 atom stereocenters. The average molecular weight is 215 g/mol. The highest BCUT2D eigenvalue weighted by atomic mass is 35.5. The van der Waals surface area contributed by atoms with Crippen LogP contribution in [0.5, 0.6) is 0 Å². The molecule has 14 heavy (non-hydrogen) atoms. The first-order chi connectivity index (χ1) is 6.61. The monoisotopic (exact) mass is 214 g/mol. The molecule has 5 heteroatoms. The van der Waals surface area contributed by atoms with Gasteiger partial charge in [-0.05, 0) is 13.8 Å². The van der Waals surface area contributed by atoms with Crippen LogP contribution >= 0.6 is 11.6 Å². The molecule has 0 radical (unpaired) electrons. The molecule has 0 bridgehead atoms. The molecule has 0 aliphatic rings. The van der Waals surface area contributed by atoms with Crippen LogP contribution in [0.25, 0.3) is 0 Å². The zero-order chi connectivity index (χ0) is 10.6. The van der Waals surface area contributed by atoms with Crippen molar-refractivity contribution in [3.05, 3.63) is 23.8 Å². The Morgan fingerprint density at radius 1 is 1.71 bits per heavy atom. The molecule has 0 aliphatic carbocycles. The number of hydrogen-bond acceptors (Lipinski definition) is 3. The molecule has 0 fully saturated rings. The Morgan fingerprint density at radius 2 is 2.43 bits per heavy atom. The predicted octanol–water partition coefficient (Wildman–Crippen LogP) is 1.70. The number of hydrogen-bond donors (Lipinski definition) is 1. The average Bonchev–Trinajstić information content (AvgIpc) is 2.51. The van der Waals surface area contributed by atoms with E-state index in [9.17, 15) is 0 Å². The Hall–Kier alpha value is -0.870. The highest BCUT2D eigenvalue weighted by molar-refractivity contribution is 6.29. The van der Waals surface area contributed by atoms with Crippen molar-refractivity contribution in [3.8, 4) is 0 Å². The van der Waals surface area contributed by atoms with Crippen LogP contribution in [0.15, 0.2) is 17.9 Å². The van der Waals surface area contributed by atoms with Gasteiger partial charge in [0.25, 0.3) is 0 Å². The molecule has 0 unspecified atom stereocenters. The molecule has 0 amide bonds. The van der Waals surface area contributed by atoms with Gasteiger partial charge in [0.05, 0.1) is 6.54 Å². The first-order valence-corrected chi connectivity index (χ1v) is 4.91. The van der Waals surface area contributed by atoms with Gasteiger partial charge in [-0.15, -0.1) is 0 Å². The molecular formula is C9H15ClN4. The summed E-state index contributed by atoms with van der Waals surface area (Å²) < 4.78 is 1.88. The lowest BCUT2D eigenvalue weighted by atomic mass is 10.4. The maximum atomic E-state index is 5.62. The van der Waals surface area contributed by atoms with Gasteiger partial charge >= 0.3 is 0 Å². The van der Waals surface area contributed by atoms with Crippen LogP contribution in [0.1, 0.15) is 25.7 Å². The zero-order valence-electron chi connectivity index (χ0n) is 8.50. The van der Waals surface area contributed by atoms with Crippen LogP contribution in [0.2, 0.25) is 0 Å². The third-order valence-electron chi connectivity index (χ3n) is 1.74. The summed E-state index contributed by atoms with van der Waals surface area (Å²) in [5, 5.41) is 7.85. The van der Waals surface area contributed by atoms with Crippen LogP contribution in [-0.4, -0.2) is 21.3 Å². The van der Waals surface area contributed by atoms with Crippen molar-refractivity contribution in [1.82, 2.24) is 20.1 Å². The molecule has 1 heterocycles. The van der Waals surface area contributed by atoms with Crippen molar-refractivity contribution >= 4 is 11.6 Å². The summed E-state index contributed by atoms with van der Waals surface area (Å²) in [6, 6.07) is 0.327. The predicted molar refractivity (Wildman–Crippen MR) is 57.1 cm³/mol. The van der Waals surface area contributed by atoms with Gasteiger partial charge in [-0.25, -0.2) is 9.67 Å². The van der Waals surface area contributed by atoms with E-state index in [0.717, 1.165) is 5.82 Å². The van der Waals surface area contributed by atoms with Gasteiger partial charge in [-0.1, -0.05) is 18.2 Å². The lowest BCUT2D eigenvalue weighted by Gasteiger charge is -2.09. The van der Waals surface area contributed by atoms with Crippen LogP contribution < -0.4 is 5.32 Å². The van der Waals surface area contributed by atoms with E-state index in [2.05, 4.69) is 35.8 Å². The summed E-state index contributed by atoms with van der Waals surface area (Å²) in [5.74, 6) is 0.915. The molecule has 0 spiro atoms. The normalized spacial score (nSPS) is 10.9. The van der Waals surface area contributed by atoms with Crippen molar-refractivity contribution in [2.24, 2.45) is 0 Å². The van der Waals surface area contributed by atoms with Gasteiger partial charge in [0.15, 0.2) is 0 Å². The van der Waals surface area contributed by atoms with E-state index in [1.54, 1.807) is 6.33 Å². The second-order valence-corrected chi connectivity index (χ2v) is 3.87. The summed E-state index contributed by atoms with van der Waals surface area (Å²) in [4.78, 5) is 4.15. The second-order valence-electron chi connectivity index (χ2n) is 3.34. The maximum absolute atomic E-state index is 5.62. The number of nitrogens with one attached hydrogen (secondary N) is 1. The van der Waals surface area contributed by atoms with Crippen molar-refractivity contribution in [2.75, 3.05) is 6.54 Å². The summed E-state index contributed by atoms with van der Waals surface area (Å²) >= 11 is 5.62. The van der Waals surface area contributed by atoms with E-state index in [-0.39, 0.29) is 0 Å². The largest absolute Gasteiger partial charge is 0.305 e. The van der Waals surface area contributed by atoms with Gasteiger partial charge in [-0.2, -0.15) is 5.10 Å². The Kier molecular flexibility index (Phi) is 4.10. The first kappa shape index (κ1) is 11.2. The van der Waals surface area contributed by atoms with Gasteiger partial charge in [0.2, 0.25) is 0 Å². The lowest BCUT2D eigenvalue weighted by Crippen LogP contribution is -2.19.